The van der Waals surface area contributed by atoms with E-state index >= 15 is 0 Å². The molecule has 0 saturated carbocycles. The molecule has 2 heterocycles. The molecule has 10 heteroatoms. The second-order valence-corrected chi connectivity index (χ2v) is 8.38. The predicted molar refractivity (Wildman–Crippen MR) is 146 cm³/mol. The largest absolute Gasteiger partial charge is 0.466 e. The lowest BCUT2D eigenvalue weighted by Gasteiger charge is -2.19. The molecule has 4 rings (SSSR count). The number of aromatic nitrogens is 3. The van der Waals surface area contributed by atoms with Gasteiger partial charge in [0.05, 0.1) is 31.9 Å². The number of carbonyl (C=O) groups is 1. The zero-order valence-corrected chi connectivity index (χ0v) is 21.0. The van der Waals surface area contributed by atoms with Gasteiger partial charge in [-0.1, -0.05) is 12.1 Å². The normalized spacial score (nSPS) is 10.9. The van der Waals surface area contributed by atoms with Crippen LogP contribution in [0.5, 0.6) is 0 Å². The number of esters is 1. The molecule has 37 heavy (non-hydrogen) atoms. The first-order chi connectivity index (χ1) is 18.0. The van der Waals surface area contributed by atoms with Crippen LogP contribution in [0.15, 0.2) is 61.1 Å². The van der Waals surface area contributed by atoms with Gasteiger partial charge in [-0.15, -0.1) is 0 Å². The Morgan fingerprint density at radius 1 is 1.22 bits per heavy atom. The molecule has 0 radical (unpaired) electrons. The topological polar surface area (TPSA) is 131 Å². The van der Waals surface area contributed by atoms with Crippen LogP contribution in [0.2, 0.25) is 0 Å². The van der Waals surface area contributed by atoms with E-state index in [4.69, 9.17) is 25.6 Å². The Balaban J connectivity index is 1.42. The first kappa shape index (κ1) is 25.6. The number of imidazole rings is 1. The van der Waals surface area contributed by atoms with E-state index in [0.29, 0.717) is 49.1 Å². The number of rotatable bonds is 12. The van der Waals surface area contributed by atoms with Gasteiger partial charge in [0, 0.05) is 66.6 Å². The molecule has 192 valence electrons. The van der Waals surface area contributed by atoms with E-state index in [2.05, 4.69) is 15.2 Å². The molecule has 0 aliphatic rings. The van der Waals surface area contributed by atoms with E-state index < -0.39 is 0 Å². The fraction of sp³-hybridized carbons (Fsp3) is 0.259. The summed E-state index contributed by atoms with van der Waals surface area (Å²) in [6, 6.07) is 13.5. The maximum atomic E-state index is 11.4. The van der Waals surface area contributed by atoms with E-state index in [1.807, 2.05) is 66.3 Å². The molecule has 0 unspecified atom stereocenters. The first-order valence-electron chi connectivity index (χ1n) is 12.0. The standard InChI is InChI=1S/C27H31N7O3/c1-3-37-25(35)10-14-36-15-13-33(2)22-8-6-21(7-9-22)31-26-27-30-11-12-34(27)18-24(32-26)19-4-5-20(17-28)23(29)16-19/h4-9,11-12,16-18,28H,3,10,13-15,29H2,1-2H3,(H,31,32). The van der Waals surface area contributed by atoms with Crippen molar-refractivity contribution in [2.75, 3.05) is 49.4 Å². The summed E-state index contributed by atoms with van der Waals surface area (Å²) < 4.78 is 12.4. The van der Waals surface area contributed by atoms with Crippen LogP contribution in [0.3, 0.4) is 0 Å². The summed E-state index contributed by atoms with van der Waals surface area (Å²) >= 11 is 0. The summed E-state index contributed by atoms with van der Waals surface area (Å²) in [4.78, 5) is 22.7. The van der Waals surface area contributed by atoms with Crippen molar-refractivity contribution < 1.29 is 14.3 Å². The number of nitrogens with one attached hydrogen (secondary N) is 2. The molecule has 0 fully saturated rings. The number of likely N-dealkylation sites (N-methyl/N-ethyl adjacent to an activating group) is 1. The minimum absolute atomic E-state index is 0.239. The highest BCUT2D eigenvalue weighted by atomic mass is 16.5. The fourth-order valence-corrected chi connectivity index (χ4v) is 3.78. The smallest absolute Gasteiger partial charge is 0.308 e. The van der Waals surface area contributed by atoms with Crippen LogP contribution in [0.25, 0.3) is 16.9 Å². The predicted octanol–water partition coefficient (Wildman–Crippen LogP) is 4.13. The summed E-state index contributed by atoms with van der Waals surface area (Å²) in [6.07, 6.45) is 7.00. The fourth-order valence-electron chi connectivity index (χ4n) is 3.78. The van der Waals surface area contributed by atoms with Crippen LogP contribution in [0.1, 0.15) is 18.9 Å². The van der Waals surface area contributed by atoms with Gasteiger partial charge < -0.3 is 35.2 Å². The number of ether oxygens (including phenoxy) is 2. The average molecular weight is 502 g/mol. The number of anilines is 4. The molecule has 10 nitrogen and oxygen atoms in total. The van der Waals surface area contributed by atoms with Crippen molar-refractivity contribution >= 4 is 40.7 Å². The molecule has 0 aliphatic heterocycles. The van der Waals surface area contributed by atoms with Crippen LogP contribution in [-0.2, 0) is 14.3 Å². The van der Waals surface area contributed by atoms with Crippen LogP contribution < -0.4 is 16.0 Å². The third kappa shape index (κ3) is 6.42. The lowest BCUT2D eigenvalue weighted by Crippen LogP contribution is -2.23. The molecule has 0 spiro atoms. The highest BCUT2D eigenvalue weighted by Gasteiger charge is 2.11. The highest BCUT2D eigenvalue weighted by molar-refractivity contribution is 5.87. The maximum Gasteiger partial charge on any atom is 0.308 e. The van der Waals surface area contributed by atoms with Crippen LogP contribution in [0.4, 0.5) is 22.9 Å². The van der Waals surface area contributed by atoms with Crippen molar-refractivity contribution in [1.82, 2.24) is 14.4 Å². The van der Waals surface area contributed by atoms with Crippen LogP contribution in [0, 0.1) is 5.41 Å². The summed E-state index contributed by atoms with van der Waals surface area (Å²) in [5.74, 6) is 0.379. The number of nitrogens with two attached hydrogens (primary N) is 1. The Morgan fingerprint density at radius 2 is 2.03 bits per heavy atom. The Labute approximate surface area is 215 Å². The summed E-state index contributed by atoms with van der Waals surface area (Å²) in [5, 5.41) is 10.8. The van der Waals surface area contributed by atoms with Crippen molar-refractivity contribution in [3.05, 3.63) is 66.6 Å². The quantitative estimate of drug-likeness (QED) is 0.114. The highest BCUT2D eigenvalue weighted by Crippen LogP contribution is 2.27. The number of benzene rings is 2. The van der Waals surface area contributed by atoms with Crippen molar-refractivity contribution in [1.29, 1.82) is 5.41 Å². The van der Waals surface area contributed by atoms with Gasteiger partial charge in [0.1, 0.15) is 0 Å². The van der Waals surface area contributed by atoms with E-state index in [-0.39, 0.29) is 12.4 Å². The molecule has 0 amide bonds. The first-order valence-corrected chi connectivity index (χ1v) is 12.0. The van der Waals surface area contributed by atoms with Gasteiger partial charge >= 0.3 is 5.97 Å². The van der Waals surface area contributed by atoms with Crippen LogP contribution in [-0.4, -0.2) is 60.0 Å². The maximum absolute atomic E-state index is 11.4. The zero-order valence-electron chi connectivity index (χ0n) is 21.0. The number of nitrogen functional groups attached to an aromatic ring is 1. The van der Waals surface area contributed by atoms with E-state index in [1.54, 1.807) is 13.1 Å². The van der Waals surface area contributed by atoms with E-state index in [0.717, 1.165) is 22.6 Å². The molecular formula is C27H31N7O3. The lowest BCUT2D eigenvalue weighted by atomic mass is 10.1. The summed E-state index contributed by atoms with van der Waals surface area (Å²) in [5.41, 5.74) is 11.5. The second kappa shape index (κ2) is 12.0. The molecule has 2 aromatic carbocycles. The zero-order chi connectivity index (χ0) is 26.2. The molecule has 0 saturated heterocycles. The van der Waals surface area contributed by atoms with Gasteiger partial charge in [0.15, 0.2) is 11.5 Å². The van der Waals surface area contributed by atoms with Crippen molar-refractivity contribution in [3.63, 3.8) is 0 Å². The molecular weight excluding hydrogens is 470 g/mol. The van der Waals surface area contributed by atoms with Gasteiger partial charge in [0.2, 0.25) is 0 Å². The molecule has 4 aromatic rings. The minimum Gasteiger partial charge on any atom is -0.466 e. The lowest BCUT2D eigenvalue weighted by molar-refractivity contribution is -0.144. The van der Waals surface area contributed by atoms with Gasteiger partial charge in [-0.05, 0) is 37.3 Å². The molecule has 0 aliphatic carbocycles. The van der Waals surface area contributed by atoms with E-state index in [1.165, 1.54) is 6.21 Å². The van der Waals surface area contributed by atoms with Crippen molar-refractivity contribution in [3.8, 4) is 11.3 Å². The van der Waals surface area contributed by atoms with Gasteiger partial charge in [-0.2, -0.15) is 0 Å². The number of hydrogen-bond acceptors (Lipinski definition) is 9. The Bertz CT molecular complexity index is 1370. The van der Waals surface area contributed by atoms with E-state index in [9.17, 15) is 4.79 Å². The SMILES string of the molecule is CCOC(=O)CCOCCN(C)c1ccc(Nc2nc(-c3ccc(C=N)c(N)c3)cn3ccnc23)cc1. The van der Waals surface area contributed by atoms with Crippen molar-refractivity contribution in [2.24, 2.45) is 0 Å². The van der Waals surface area contributed by atoms with Gasteiger partial charge in [0.25, 0.3) is 0 Å². The van der Waals surface area contributed by atoms with Gasteiger partial charge in [-0.25, -0.2) is 9.97 Å². The Hall–Kier alpha value is -4.44. The molecule has 0 atom stereocenters. The minimum atomic E-state index is -0.239. The monoisotopic (exact) mass is 501 g/mol. The Kier molecular flexibility index (Phi) is 8.32. The summed E-state index contributed by atoms with van der Waals surface area (Å²) in [6.45, 7) is 3.72. The third-order valence-electron chi connectivity index (χ3n) is 5.81. The van der Waals surface area contributed by atoms with Gasteiger partial charge in [-0.3, -0.25) is 4.79 Å². The molecule has 2 aromatic heterocycles. The third-order valence-corrected chi connectivity index (χ3v) is 5.81. The number of hydrogen-bond donors (Lipinski definition) is 3. The molecule has 4 N–H and O–H groups in total. The van der Waals surface area contributed by atoms with Crippen molar-refractivity contribution in [2.45, 2.75) is 13.3 Å². The Morgan fingerprint density at radius 3 is 2.76 bits per heavy atom. The molecule has 0 bridgehead atoms. The second-order valence-electron chi connectivity index (χ2n) is 8.38. The number of fused-ring (bicyclic) bond motifs is 1. The summed E-state index contributed by atoms with van der Waals surface area (Å²) in [7, 11) is 1.99. The van der Waals surface area contributed by atoms with Crippen LogP contribution >= 0.6 is 0 Å². The number of nitrogens with zero attached hydrogens (tertiary/aromatic N) is 4. The number of carbonyl (C=O) groups excluding carboxylic acids is 1. The average Bonchev–Trinajstić information content (AvgIpc) is 3.38.